The van der Waals surface area contributed by atoms with Crippen molar-refractivity contribution in [3.63, 3.8) is 0 Å². The van der Waals surface area contributed by atoms with Crippen LogP contribution in [0.3, 0.4) is 0 Å². The Morgan fingerprint density at radius 3 is 2.74 bits per heavy atom. The van der Waals surface area contributed by atoms with Gasteiger partial charge < -0.3 is 9.88 Å². The summed E-state index contributed by atoms with van der Waals surface area (Å²) >= 11 is 0. The van der Waals surface area contributed by atoms with E-state index in [2.05, 4.69) is 27.2 Å². The fourth-order valence-corrected chi connectivity index (χ4v) is 6.72. The van der Waals surface area contributed by atoms with Crippen LogP contribution in [0, 0.1) is 5.82 Å². The Kier molecular flexibility index (Phi) is 5.30. The van der Waals surface area contributed by atoms with Gasteiger partial charge in [-0.15, -0.1) is 0 Å². The van der Waals surface area contributed by atoms with Crippen LogP contribution >= 0.6 is 0 Å². The lowest BCUT2D eigenvalue weighted by Gasteiger charge is -2.32. The molecule has 4 aromatic rings. The van der Waals surface area contributed by atoms with Crippen LogP contribution in [0.5, 0.6) is 0 Å². The maximum absolute atomic E-state index is 14.6. The standard InChI is InChI=1S/C25H25FN6O2S/c1-16-13-17-14-19(4-5-22(17)29-16)35(33,34)31-11-7-18(8-12-31)32-24(20-6-10-27-15-21(20)26)30-23-3-2-9-28-25(23)32/h2-6,9-10,14-16,18,29H,7-8,11-13H2,1H3. The number of sulfonamides is 1. The van der Waals surface area contributed by atoms with Crippen LogP contribution in [0.15, 0.2) is 59.9 Å². The van der Waals surface area contributed by atoms with Crippen LogP contribution in [0.25, 0.3) is 22.6 Å². The molecule has 1 unspecified atom stereocenters. The predicted octanol–water partition coefficient (Wildman–Crippen LogP) is 4.01. The first-order chi connectivity index (χ1) is 16.9. The minimum atomic E-state index is -3.61. The molecule has 5 heterocycles. The third-order valence-electron chi connectivity index (χ3n) is 6.89. The zero-order valence-corrected chi connectivity index (χ0v) is 20.0. The minimum Gasteiger partial charge on any atom is -0.382 e. The number of hydrogen-bond acceptors (Lipinski definition) is 6. The van der Waals surface area contributed by atoms with Crippen molar-refractivity contribution in [2.75, 3.05) is 18.4 Å². The number of hydrogen-bond donors (Lipinski definition) is 1. The largest absolute Gasteiger partial charge is 0.382 e. The summed E-state index contributed by atoms with van der Waals surface area (Å²) < 4.78 is 45.0. The summed E-state index contributed by atoms with van der Waals surface area (Å²) in [4.78, 5) is 13.4. The van der Waals surface area contributed by atoms with E-state index >= 15 is 0 Å². The van der Waals surface area contributed by atoms with E-state index in [1.165, 1.54) is 12.4 Å². The number of benzene rings is 1. The van der Waals surface area contributed by atoms with E-state index in [0.717, 1.165) is 17.7 Å². The maximum atomic E-state index is 14.6. The van der Waals surface area contributed by atoms with Gasteiger partial charge in [-0.3, -0.25) is 4.98 Å². The van der Waals surface area contributed by atoms with Gasteiger partial charge in [0.1, 0.15) is 11.3 Å². The molecule has 0 spiro atoms. The Morgan fingerprint density at radius 1 is 1.11 bits per heavy atom. The molecular weight excluding hydrogens is 467 g/mol. The zero-order chi connectivity index (χ0) is 24.2. The van der Waals surface area contributed by atoms with Crippen LogP contribution in [0.1, 0.15) is 31.4 Å². The number of rotatable bonds is 4. The van der Waals surface area contributed by atoms with Crippen LogP contribution in [-0.2, 0) is 16.4 Å². The van der Waals surface area contributed by atoms with E-state index in [9.17, 15) is 12.8 Å². The van der Waals surface area contributed by atoms with Gasteiger partial charge in [0, 0.05) is 43.3 Å². The van der Waals surface area contributed by atoms with Crippen LogP contribution in [-0.4, -0.2) is 51.4 Å². The molecule has 1 N–H and O–H groups in total. The van der Waals surface area contributed by atoms with Gasteiger partial charge in [0.05, 0.1) is 16.7 Å². The molecule has 2 aliphatic heterocycles. The summed E-state index contributed by atoms with van der Waals surface area (Å²) in [6.45, 7) is 2.81. The quantitative estimate of drug-likeness (QED) is 0.463. The smallest absolute Gasteiger partial charge is 0.243 e. The van der Waals surface area contributed by atoms with Gasteiger partial charge in [0.25, 0.3) is 0 Å². The molecule has 0 bridgehead atoms. The second-order valence-corrected chi connectivity index (χ2v) is 11.1. The molecule has 180 valence electrons. The number of imidazole rings is 1. The molecule has 6 rings (SSSR count). The summed E-state index contributed by atoms with van der Waals surface area (Å²) in [6.07, 6.45) is 6.37. The van der Waals surface area contributed by atoms with Gasteiger partial charge in [0.15, 0.2) is 11.5 Å². The fraction of sp³-hybridized carbons (Fsp3) is 0.320. The third-order valence-corrected chi connectivity index (χ3v) is 8.79. The van der Waals surface area contributed by atoms with Crippen molar-refractivity contribution in [3.05, 3.63) is 66.4 Å². The van der Waals surface area contributed by atoms with Crippen molar-refractivity contribution < 1.29 is 12.8 Å². The average molecular weight is 493 g/mol. The van der Waals surface area contributed by atoms with Crippen molar-refractivity contribution >= 4 is 26.9 Å². The maximum Gasteiger partial charge on any atom is 0.243 e. The molecule has 0 saturated carbocycles. The summed E-state index contributed by atoms with van der Waals surface area (Å²) in [5.74, 6) is 0.0321. The van der Waals surface area contributed by atoms with Gasteiger partial charge in [-0.25, -0.2) is 22.8 Å². The molecule has 2 aliphatic rings. The Balaban J connectivity index is 1.29. The second kappa shape index (κ2) is 8.39. The molecule has 1 saturated heterocycles. The van der Waals surface area contributed by atoms with Crippen molar-refractivity contribution in [2.45, 2.75) is 43.2 Å². The molecule has 8 nitrogen and oxygen atoms in total. The van der Waals surface area contributed by atoms with Crippen molar-refractivity contribution in [3.8, 4) is 11.4 Å². The van der Waals surface area contributed by atoms with Crippen LogP contribution in [0.2, 0.25) is 0 Å². The Labute approximate surface area is 202 Å². The van der Waals surface area contributed by atoms with Crippen molar-refractivity contribution in [2.24, 2.45) is 0 Å². The van der Waals surface area contributed by atoms with E-state index in [-0.39, 0.29) is 6.04 Å². The number of anilines is 1. The molecular formula is C25H25FN6O2S. The lowest BCUT2D eigenvalue weighted by Crippen LogP contribution is -2.39. The summed E-state index contributed by atoms with van der Waals surface area (Å²) in [5, 5.41) is 3.36. The summed E-state index contributed by atoms with van der Waals surface area (Å²) in [5.41, 5.74) is 3.74. The van der Waals surface area contributed by atoms with Gasteiger partial charge in [0.2, 0.25) is 10.0 Å². The number of halogens is 1. The molecule has 35 heavy (non-hydrogen) atoms. The molecule has 0 aliphatic carbocycles. The van der Waals surface area contributed by atoms with Crippen molar-refractivity contribution in [1.82, 2.24) is 23.8 Å². The number of aromatic nitrogens is 4. The normalized spacial score (nSPS) is 19.1. The lowest BCUT2D eigenvalue weighted by molar-refractivity contribution is 0.278. The Bertz CT molecular complexity index is 1530. The highest BCUT2D eigenvalue weighted by molar-refractivity contribution is 7.89. The molecule has 1 atom stereocenters. The van der Waals surface area contributed by atoms with Gasteiger partial charge in [-0.05, 0) is 68.1 Å². The third kappa shape index (κ3) is 3.77. The summed E-state index contributed by atoms with van der Waals surface area (Å²) in [6, 6.07) is 10.8. The average Bonchev–Trinajstić information content (AvgIpc) is 3.43. The number of fused-ring (bicyclic) bond motifs is 2. The van der Waals surface area contributed by atoms with E-state index in [0.29, 0.717) is 59.4 Å². The van der Waals surface area contributed by atoms with E-state index < -0.39 is 15.8 Å². The highest BCUT2D eigenvalue weighted by Gasteiger charge is 2.33. The first-order valence-corrected chi connectivity index (χ1v) is 13.2. The first-order valence-electron chi connectivity index (χ1n) is 11.7. The summed E-state index contributed by atoms with van der Waals surface area (Å²) in [7, 11) is -3.61. The van der Waals surface area contributed by atoms with E-state index in [4.69, 9.17) is 0 Å². The fourth-order valence-electron chi connectivity index (χ4n) is 5.20. The number of nitrogens with zero attached hydrogens (tertiary/aromatic N) is 5. The monoisotopic (exact) mass is 492 g/mol. The number of pyridine rings is 2. The molecule has 10 heteroatoms. The van der Waals surface area contributed by atoms with E-state index in [1.54, 1.807) is 34.8 Å². The Morgan fingerprint density at radius 2 is 1.94 bits per heavy atom. The Hall–Kier alpha value is -3.37. The van der Waals surface area contributed by atoms with Gasteiger partial charge >= 0.3 is 0 Å². The number of piperidine rings is 1. The van der Waals surface area contributed by atoms with Crippen molar-refractivity contribution in [1.29, 1.82) is 0 Å². The number of nitrogens with one attached hydrogen (secondary N) is 1. The molecule has 0 amide bonds. The first kappa shape index (κ1) is 22.1. The lowest BCUT2D eigenvalue weighted by atomic mass is 10.1. The molecule has 1 fully saturated rings. The SMILES string of the molecule is CC1Cc2cc(S(=O)(=O)N3CCC(n4c(-c5ccncc5F)nc5cccnc54)CC3)ccc2N1. The van der Waals surface area contributed by atoms with Crippen LogP contribution < -0.4 is 5.32 Å². The minimum absolute atomic E-state index is 0.0611. The molecule has 3 aromatic heterocycles. The topological polar surface area (TPSA) is 93.0 Å². The highest BCUT2D eigenvalue weighted by atomic mass is 32.2. The van der Waals surface area contributed by atoms with Gasteiger partial charge in [-0.1, -0.05) is 0 Å². The highest BCUT2D eigenvalue weighted by Crippen LogP contribution is 2.35. The second-order valence-electron chi connectivity index (χ2n) is 9.21. The van der Waals surface area contributed by atoms with Crippen LogP contribution in [0.4, 0.5) is 10.1 Å². The van der Waals surface area contributed by atoms with E-state index in [1.807, 2.05) is 16.7 Å². The zero-order valence-electron chi connectivity index (χ0n) is 19.2. The van der Waals surface area contributed by atoms with Gasteiger partial charge in [-0.2, -0.15) is 4.31 Å². The predicted molar refractivity (Wildman–Crippen MR) is 131 cm³/mol. The molecule has 1 aromatic carbocycles. The molecule has 0 radical (unpaired) electrons.